The average Bonchev–Trinajstić information content (AvgIpc) is 3.11. The van der Waals surface area contributed by atoms with Crippen molar-refractivity contribution in [2.45, 2.75) is 32.1 Å². The lowest BCUT2D eigenvalue weighted by molar-refractivity contribution is 0.290. The molecular weight excluding hydrogens is 226 g/mol. The van der Waals surface area contributed by atoms with Crippen LogP contribution in [0.5, 0.6) is 5.88 Å². The van der Waals surface area contributed by atoms with Crippen LogP contribution in [0.3, 0.4) is 0 Å². The summed E-state index contributed by atoms with van der Waals surface area (Å²) < 4.78 is 5.67. The van der Waals surface area contributed by atoms with Gasteiger partial charge in [0.15, 0.2) is 0 Å². The first kappa shape index (κ1) is 11.6. The highest BCUT2D eigenvalue weighted by atomic mass is 16.5. The van der Waals surface area contributed by atoms with Gasteiger partial charge in [-0.3, -0.25) is 0 Å². The third-order valence-corrected chi connectivity index (χ3v) is 3.84. The molecule has 0 amide bonds. The zero-order valence-electron chi connectivity index (χ0n) is 10.7. The first-order valence-corrected chi connectivity index (χ1v) is 6.94. The molecule has 3 rings (SSSR count). The first-order chi connectivity index (χ1) is 8.81. The van der Waals surface area contributed by atoms with E-state index >= 15 is 0 Å². The summed E-state index contributed by atoms with van der Waals surface area (Å²) >= 11 is 0. The van der Waals surface area contributed by atoms with E-state index < -0.39 is 0 Å². The molecule has 0 spiro atoms. The first-order valence-electron chi connectivity index (χ1n) is 6.94. The van der Waals surface area contributed by atoms with Crippen molar-refractivity contribution in [2.75, 3.05) is 24.2 Å². The number of hydrogen-bond acceptors (Lipinski definition) is 4. The zero-order chi connectivity index (χ0) is 12.4. The molecule has 0 atom stereocenters. The van der Waals surface area contributed by atoms with Gasteiger partial charge in [0.1, 0.15) is 5.82 Å². The number of nitrogen functional groups attached to an aromatic ring is 1. The van der Waals surface area contributed by atoms with Crippen molar-refractivity contribution in [1.29, 1.82) is 0 Å². The molecule has 2 aliphatic carbocycles. The lowest BCUT2D eigenvalue weighted by atomic mass is 9.85. The molecule has 1 heterocycles. The highest BCUT2D eigenvalue weighted by Gasteiger charge is 2.22. The molecule has 0 aromatic carbocycles. The van der Waals surface area contributed by atoms with Gasteiger partial charge in [0.05, 0.1) is 12.3 Å². The van der Waals surface area contributed by atoms with E-state index in [1.54, 1.807) is 0 Å². The second-order valence-corrected chi connectivity index (χ2v) is 5.52. The maximum Gasteiger partial charge on any atom is 0.239 e. The van der Waals surface area contributed by atoms with E-state index in [1.165, 1.54) is 32.1 Å². The Hall–Kier alpha value is -1.45. The van der Waals surface area contributed by atoms with Crippen LogP contribution >= 0.6 is 0 Å². The van der Waals surface area contributed by atoms with Crippen molar-refractivity contribution in [3.63, 3.8) is 0 Å². The fraction of sp³-hybridized carbons (Fsp3) is 0.643. The summed E-state index contributed by atoms with van der Waals surface area (Å²) in [7, 11) is 0. The summed E-state index contributed by atoms with van der Waals surface area (Å²) in [6, 6.07) is 3.80. The third-order valence-electron chi connectivity index (χ3n) is 3.84. The van der Waals surface area contributed by atoms with Crippen LogP contribution in [0.1, 0.15) is 32.1 Å². The van der Waals surface area contributed by atoms with Crippen LogP contribution in [-0.2, 0) is 0 Å². The number of nitrogens with two attached hydrogens (primary N) is 1. The summed E-state index contributed by atoms with van der Waals surface area (Å²) in [6.45, 7) is 1.77. The van der Waals surface area contributed by atoms with Crippen LogP contribution < -0.4 is 15.8 Å². The Morgan fingerprint density at radius 1 is 1.22 bits per heavy atom. The number of pyridine rings is 1. The Kier molecular flexibility index (Phi) is 3.26. The lowest BCUT2D eigenvalue weighted by Crippen LogP contribution is -2.21. The maximum absolute atomic E-state index is 5.87. The van der Waals surface area contributed by atoms with Gasteiger partial charge in [0, 0.05) is 6.54 Å². The van der Waals surface area contributed by atoms with Gasteiger partial charge in [0.25, 0.3) is 0 Å². The van der Waals surface area contributed by atoms with Crippen molar-refractivity contribution in [1.82, 2.24) is 4.98 Å². The third kappa shape index (κ3) is 2.86. The van der Waals surface area contributed by atoms with Crippen LogP contribution in [0.2, 0.25) is 0 Å². The molecule has 0 bridgehead atoms. The van der Waals surface area contributed by atoms with Gasteiger partial charge in [-0.25, -0.2) is 0 Å². The average molecular weight is 247 g/mol. The van der Waals surface area contributed by atoms with Crippen LogP contribution in [-0.4, -0.2) is 18.1 Å². The van der Waals surface area contributed by atoms with Crippen molar-refractivity contribution in [2.24, 2.45) is 11.8 Å². The molecule has 3 N–H and O–H groups in total. The maximum atomic E-state index is 5.87. The van der Waals surface area contributed by atoms with Gasteiger partial charge >= 0.3 is 0 Å². The predicted molar refractivity (Wildman–Crippen MR) is 72.7 cm³/mol. The minimum atomic E-state index is 0.584. The van der Waals surface area contributed by atoms with Crippen LogP contribution in [0.4, 0.5) is 11.5 Å². The van der Waals surface area contributed by atoms with Gasteiger partial charge in [0.2, 0.25) is 5.88 Å². The van der Waals surface area contributed by atoms with Crippen molar-refractivity contribution in [3.05, 3.63) is 12.1 Å². The lowest BCUT2D eigenvalue weighted by Gasteiger charge is -2.25. The predicted octanol–water partition coefficient (Wildman–Crippen LogP) is 2.66. The number of nitrogens with zero attached hydrogens (tertiary/aromatic N) is 1. The van der Waals surface area contributed by atoms with E-state index in [1.807, 2.05) is 12.1 Å². The molecule has 0 saturated heterocycles. The fourth-order valence-corrected chi connectivity index (χ4v) is 2.09. The highest BCUT2D eigenvalue weighted by molar-refractivity contribution is 5.53. The normalized spacial score (nSPS) is 19.3. The molecule has 98 valence electrons. The smallest absolute Gasteiger partial charge is 0.239 e. The Morgan fingerprint density at radius 3 is 2.72 bits per heavy atom. The molecule has 18 heavy (non-hydrogen) atoms. The Labute approximate surface area is 108 Å². The van der Waals surface area contributed by atoms with Crippen molar-refractivity contribution in [3.8, 4) is 5.88 Å². The highest BCUT2D eigenvalue weighted by Crippen LogP contribution is 2.31. The zero-order valence-corrected chi connectivity index (χ0v) is 10.7. The number of rotatable bonds is 6. The van der Waals surface area contributed by atoms with E-state index in [4.69, 9.17) is 10.5 Å². The standard InChI is InChI=1S/C14H21N3O/c15-12-6-7-13(16-8-10-2-1-3-10)17-14(12)18-9-11-4-5-11/h6-7,10-11H,1-5,8-9,15H2,(H,16,17). The van der Waals surface area contributed by atoms with Crippen LogP contribution in [0, 0.1) is 11.8 Å². The molecule has 0 radical (unpaired) electrons. The monoisotopic (exact) mass is 247 g/mol. The largest absolute Gasteiger partial charge is 0.476 e. The van der Waals surface area contributed by atoms with Gasteiger partial charge in [-0.2, -0.15) is 4.98 Å². The van der Waals surface area contributed by atoms with Gasteiger partial charge in [-0.05, 0) is 49.7 Å². The van der Waals surface area contributed by atoms with Crippen molar-refractivity contribution < 1.29 is 4.74 Å². The molecule has 1 aromatic rings. The number of nitrogens with one attached hydrogen (secondary N) is 1. The minimum Gasteiger partial charge on any atom is -0.476 e. The summed E-state index contributed by atoms with van der Waals surface area (Å²) in [5.41, 5.74) is 6.50. The molecule has 1 aromatic heterocycles. The van der Waals surface area contributed by atoms with Gasteiger partial charge in [-0.1, -0.05) is 6.42 Å². The molecular formula is C14H21N3O. The Morgan fingerprint density at radius 2 is 2.06 bits per heavy atom. The van der Waals surface area contributed by atoms with E-state index in [0.29, 0.717) is 11.6 Å². The van der Waals surface area contributed by atoms with Crippen LogP contribution in [0.15, 0.2) is 12.1 Å². The summed E-state index contributed by atoms with van der Waals surface area (Å²) in [5, 5.41) is 3.37. The molecule has 0 unspecified atom stereocenters. The molecule has 0 aliphatic heterocycles. The van der Waals surface area contributed by atoms with E-state index in [-0.39, 0.29) is 0 Å². The quantitative estimate of drug-likeness (QED) is 0.811. The van der Waals surface area contributed by atoms with E-state index in [0.717, 1.165) is 30.8 Å². The second kappa shape index (κ2) is 5.04. The summed E-state index contributed by atoms with van der Waals surface area (Å²) in [5.74, 6) is 3.00. The molecule has 4 heteroatoms. The van der Waals surface area contributed by atoms with E-state index in [9.17, 15) is 0 Å². The molecule has 2 saturated carbocycles. The number of hydrogen-bond donors (Lipinski definition) is 2. The summed E-state index contributed by atoms with van der Waals surface area (Å²) in [6.07, 6.45) is 6.61. The van der Waals surface area contributed by atoms with E-state index in [2.05, 4.69) is 10.3 Å². The number of ether oxygens (including phenoxy) is 1. The SMILES string of the molecule is Nc1ccc(NCC2CCC2)nc1OCC1CC1. The summed E-state index contributed by atoms with van der Waals surface area (Å²) in [4.78, 5) is 4.44. The van der Waals surface area contributed by atoms with Gasteiger partial charge < -0.3 is 15.8 Å². The molecule has 2 aliphatic rings. The Balaban J connectivity index is 1.56. The molecule has 2 fully saturated rings. The van der Waals surface area contributed by atoms with Crippen molar-refractivity contribution >= 4 is 11.5 Å². The van der Waals surface area contributed by atoms with Crippen LogP contribution in [0.25, 0.3) is 0 Å². The molecule has 4 nitrogen and oxygen atoms in total. The number of anilines is 2. The Bertz CT molecular complexity index is 414. The van der Waals surface area contributed by atoms with Gasteiger partial charge in [-0.15, -0.1) is 0 Å². The topological polar surface area (TPSA) is 60.2 Å². The minimum absolute atomic E-state index is 0.584. The number of aromatic nitrogens is 1. The second-order valence-electron chi connectivity index (χ2n) is 5.52. The fourth-order valence-electron chi connectivity index (χ4n) is 2.09.